The average Bonchev–Trinajstić information content (AvgIpc) is 2.60. The van der Waals surface area contributed by atoms with Crippen molar-refractivity contribution in [1.82, 2.24) is 15.3 Å². The van der Waals surface area contributed by atoms with Crippen LogP contribution in [0.15, 0.2) is 65.8 Å². The lowest BCUT2D eigenvalue weighted by molar-refractivity contribution is 0.492. The molecular formula is C21H20ClN5. The van der Waals surface area contributed by atoms with Gasteiger partial charge in [0, 0.05) is 28.1 Å². The zero-order chi connectivity index (χ0) is 19.0. The Labute approximate surface area is 163 Å². The molecule has 0 atom stereocenters. The molecule has 2 heterocycles. The molecule has 0 aliphatic carbocycles. The standard InChI is InChI=1S/C21H20ClN5/c1-13-12-21(2,3)27-20(23-13)26-19-24-17-10-9-15(22)11-16(17)18(25-19)14-7-5-4-6-8-14/h4-11H,1,12H2,2-3H3,(H2,23,24,25,26,27). The molecule has 4 rings (SSSR count). The molecule has 2 N–H and O–H groups in total. The van der Waals surface area contributed by atoms with Gasteiger partial charge >= 0.3 is 0 Å². The summed E-state index contributed by atoms with van der Waals surface area (Å²) in [5.41, 5.74) is 3.31. The van der Waals surface area contributed by atoms with Crippen LogP contribution in [0.1, 0.15) is 20.3 Å². The molecule has 0 saturated carbocycles. The molecule has 1 aromatic heterocycles. The van der Waals surface area contributed by atoms with Gasteiger partial charge in [-0.1, -0.05) is 48.5 Å². The van der Waals surface area contributed by atoms with Crippen LogP contribution in [0.25, 0.3) is 22.2 Å². The molecule has 0 saturated heterocycles. The smallest absolute Gasteiger partial charge is 0.230 e. The summed E-state index contributed by atoms with van der Waals surface area (Å²) < 4.78 is 0. The van der Waals surface area contributed by atoms with Crippen LogP contribution in [0.3, 0.4) is 0 Å². The van der Waals surface area contributed by atoms with Gasteiger partial charge in [-0.3, -0.25) is 5.32 Å². The minimum atomic E-state index is -0.225. The number of anilines is 1. The first-order chi connectivity index (χ1) is 12.9. The highest BCUT2D eigenvalue weighted by Crippen LogP contribution is 2.29. The maximum Gasteiger partial charge on any atom is 0.230 e. The maximum absolute atomic E-state index is 6.21. The van der Waals surface area contributed by atoms with Crippen molar-refractivity contribution in [2.24, 2.45) is 4.99 Å². The first-order valence-corrected chi connectivity index (χ1v) is 9.12. The summed E-state index contributed by atoms with van der Waals surface area (Å²) in [6, 6.07) is 15.6. The highest BCUT2D eigenvalue weighted by atomic mass is 35.5. The molecule has 136 valence electrons. The summed E-state index contributed by atoms with van der Waals surface area (Å²) in [5, 5.41) is 7.95. The maximum atomic E-state index is 6.21. The van der Waals surface area contributed by atoms with E-state index in [0.717, 1.165) is 34.3 Å². The predicted molar refractivity (Wildman–Crippen MR) is 112 cm³/mol. The Balaban J connectivity index is 1.82. The first kappa shape index (κ1) is 17.5. The van der Waals surface area contributed by atoms with Crippen molar-refractivity contribution < 1.29 is 0 Å². The van der Waals surface area contributed by atoms with Gasteiger partial charge in [-0.25, -0.2) is 15.0 Å². The van der Waals surface area contributed by atoms with Crippen molar-refractivity contribution in [3.63, 3.8) is 0 Å². The molecule has 0 amide bonds. The van der Waals surface area contributed by atoms with Gasteiger partial charge in [-0.2, -0.15) is 0 Å². The summed E-state index contributed by atoms with van der Waals surface area (Å²) in [5.74, 6) is 1.07. The number of aromatic nitrogens is 2. The fourth-order valence-corrected chi connectivity index (χ4v) is 3.41. The van der Waals surface area contributed by atoms with Gasteiger partial charge in [0.05, 0.1) is 16.7 Å². The first-order valence-electron chi connectivity index (χ1n) is 8.74. The lowest BCUT2D eigenvalue weighted by atomic mass is 9.98. The minimum absolute atomic E-state index is 0.225. The third-order valence-electron chi connectivity index (χ3n) is 4.29. The molecule has 1 aliphatic rings. The summed E-state index contributed by atoms with van der Waals surface area (Å²) in [6.07, 6.45) is 0.782. The van der Waals surface area contributed by atoms with Crippen molar-refractivity contribution in [1.29, 1.82) is 0 Å². The fourth-order valence-electron chi connectivity index (χ4n) is 3.24. The number of aliphatic imine (C=N–C) groups is 1. The molecule has 0 unspecified atom stereocenters. The van der Waals surface area contributed by atoms with Crippen molar-refractivity contribution in [3.8, 4) is 11.3 Å². The topological polar surface area (TPSA) is 62.2 Å². The van der Waals surface area contributed by atoms with Crippen molar-refractivity contribution in [2.75, 3.05) is 5.32 Å². The quantitative estimate of drug-likeness (QED) is 0.659. The van der Waals surface area contributed by atoms with E-state index in [4.69, 9.17) is 16.6 Å². The molecular weight excluding hydrogens is 358 g/mol. The zero-order valence-electron chi connectivity index (χ0n) is 15.3. The fraction of sp³-hybridized carbons (Fsp3) is 0.190. The van der Waals surface area contributed by atoms with Crippen LogP contribution in [0, 0.1) is 0 Å². The SMILES string of the molecule is C=C1CC(C)(C)N=C(Nc2nc(-c3ccccc3)c3cc(Cl)ccc3n2)N1. The van der Waals surface area contributed by atoms with Crippen molar-refractivity contribution in [3.05, 3.63) is 65.8 Å². The lowest BCUT2D eigenvalue weighted by Gasteiger charge is -2.29. The highest BCUT2D eigenvalue weighted by Gasteiger charge is 2.24. The minimum Gasteiger partial charge on any atom is -0.330 e. The Morgan fingerprint density at radius 2 is 1.89 bits per heavy atom. The Morgan fingerprint density at radius 1 is 1.11 bits per heavy atom. The van der Waals surface area contributed by atoms with E-state index in [1.54, 1.807) is 0 Å². The van der Waals surface area contributed by atoms with E-state index in [-0.39, 0.29) is 5.54 Å². The molecule has 0 bridgehead atoms. The Bertz CT molecular complexity index is 1060. The van der Waals surface area contributed by atoms with Crippen LogP contribution in [0.4, 0.5) is 5.95 Å². The number of halogens is 1. The zero-order valence-corrected chi connectivity index (χ0v) is 16.0. The van der Waals surface area contributed by atoms with Gasteiger partial charge in [0.1, 0.15) is 0 Å². The Morgan fingerprint density at radius 3 is 2.63 bits per heavy atom. The van der Waals surface area contributed by atoms with E-state index >= 15 is 0 Å². The summed E-state index contributed by atoms with van der Waals surface area (Å²) in [6.45, 7) is 8.18. The molecule has 0 radical (unpaired) electrons. The molecule has 27 heavy (non-hydrogen) atoms. The second-order valence-electron chi connectivity index (χ2n) is 7.23. The van der Waals surface area contributed by atoms with E-state index < -0.39 is 0 Å². The Kier molecular flexibility index (Phi) is 4.32. The largest absolute Gasteiger partial charge is 0.330 e. The van der Waals surface area contributed by atoms with Crippen molar-refractivity contribution in [2.45, 2.75) is 25.8 Å². The van der Waals surface area contributed by atoms with E-state index in [1.165, 1.54) is 0 Å². The Hall–Kier alpha value is -2.92. The monoisotopic (exact) mass is 377 g/mol. The van der Waals surface area contributed by atoms with Crippen LogP contribution < -0.4 is 10.6 Å². The van der Waals surface area contributed by atoms with Crippen LogP contribution >= 0.6 is 11.6 Å². The van der Waals surface area contributed by atoms with E-state index in [1.807, 2.05) is 48.5 Å². The van der Waals surface area contributed by atoms with Gasteiger partial charge in [0.25, 0.3) is 0 Å². The molecule has 6 heteroatoms. The highest BCUT2D eigenvalue weighted by molar-refractivity contribution is 6.31. The summed E-state index contributed by atoms with van der Waals surface area (Å²) in [4.78, 5) is 14.1. The third-order valence-corrected chi connectivity index (χ3v) is 4.53. The number of rotatable bonds is 2. The summed E-state index contributed by atoms with van der Waals surface area (Å²) >= 11 is 6.21. The molecule has 2 aromatic carbocycles. The predicted octanol–water partition coefficient (Wildman–Crippen LogP) is 5.00. The third kappa shape index (κ3) is 3.78. The molecule has 0 fully saturated rings. The van der Waals surface area contributed by atoms with E-state index in [0.29, 0.717) is 16.9 Å². The number of nitrogens with one attached hydrogen (secondary N) is 2. The van der Waals surface area contributed by atoms with E-state index in [9.17, 15) is 0 Å². The van der Waals surface area contributed by atoms with Gasteiger partial charge in [0.15, 0.2) is 0 Å². The molecule has 1 aliphatic heterocycles. The number of guanidine groups is 1. The van der Waals surface area contributed by atoms with Crippen LogP contribution in [0.5, 0.6) is 0 Å². The summed E-state index contributed by atoms with van der Waals surface area (Å²) in [7, 11) is 0. The van der Waals surface area contributed by atoms with Gasteiger partial charge < -0.3 is 5.32 Å². The number of hydrogen-bond acceptors (Lipinski definition) is 5. The average molecular weight is 378 g/mol. The number of benzene rings is 2. The number of fused-ring (bicyclic) bond motifs is 1. The van der Waals surface area contributed by atoms with Crippen LogP contribution in [-0.2, 0) is 0 Å². The molecule has 3 aromatic rings. The second-order valence-corrected chi connectivity index (χ2v) is 7.66. The normalized spacial score (nSPS) is 16.0. The number of nitrogens with zero attached hydrogens (tertiary/aromatic N) is 3. The number of hydrogen-bond donors (Lipinski definition) is 2. The lowest BCUT2D eigenvalue weighted by Crippen LogP contribution is -2.40. The van der Waals surface area contributed by atoms with E-state index in [2.05, 4.69) is 41.0 Å². The van der Waals surface area contributed by atoms with Crippen LogP contribution in [-0.4, -0.2) is 21.5 Å². The second kappa shape index (κ2) is 6.67. The van der Waals surface area contributed by atoms with Gasteiger partial charge in [-0.15, -0.1) is 0 Å². The van der Waals surface area contributed by atoms with Crippen molar-refractivity contribution >= 4 is 34.4 Å². The van der Waals surface area contributed by atoms with Crippen LogP contribution in [0.2, 0.25) is 5.02 Å². The molecule has 5 nitrogen and oxygen atoms in total. The molecule has 0 spiro atoms. The van der Waals surface area contributed by atoms with Gasteiger partial charge in [-0.05, 0) is 32.0 Å². The van der Waals surface area contributed by atoms with Gasteiger partial charge in [0.2, 0.25) is 11.9 Å².